The van der Waals surface area contributed by atoms with Crippen molar-refractivity contribution in [1.29, 1.82) is 0 Å². The lowest BCUT2D eigenvalue weighted by molar-refractivity contribution is -0.119. The van der Waals surface area contributed by atoms with Crippen LogP contribution in [0.1, 0.15) is 32.3 Å². The number of benzene rings is 2. The molecule has 0 saturated carbocycles. The molecule has 2 aromatic carbocycles. The number of para-hydroxylation sites is 1. The van der Waals surface area contributed by atoms with E-state index in [0.29, 0.717) is 18.5 Å². The average molecular weight is 386 g/mol. The van der Waals surface area contributed by atoms with Gasteiger partial charge >= 0.3 is 0 Å². The molecular formula is C23H28F2N2O. The van der Waals surface area contributed by atoms with Gasteiger partial charge < -0.3 is 9.80 Å². The number of rotatable bonds is 6. The summed E-state index contributed by atoms with van der Waals surface area (Å²) in [5.74, 6) is -0.380. The number of hydrogen-bond acceptors (Lipinski definition) is 2. The molecule has 1 heterocycles. The van der Waals surface area contributed by atoms with Gasteiger partial charge in [-0.2, -0.15) is 0 Å². The third kappa shape index (κ3) is 4.58. The highest BCUT2D eigenvalue weighted by Gasteiger charge is 2.34. The fourth-order valence-electron chi connectivity index (χ4n) is 4.10. The van der Waals surface area contributed by atoms with Crippen molar-refractivity contribution < 1.29 is 13.6 Å². The van der Waals surface area contributed by atoms with E-state index in [2.05, 4.69) is 11.8 Å². The van der Waals surface area contributed by atoms with Crippen LogP contribution in [0.15, 0.2) is 48.5 Å². The Hall–Kier alpha value is -2.27. The van der Waals surface area contributed by atoms with Crippen LogP contribution >= 0.6 is 0 Å². The van der Waals surface area contributed by atoms with E-state index in [0.717, 1.165) is 31.6 Å². The zero-order chi connectivity index (χ0) is 20.1. The first-order chi connectivity index (χ1) is 13.5. The van der Waals surface area contributed by atoms with Crippen molar-refractivity contribution in [1.82, 2.24) is 4.90 Å². The third-order valence-corrected chi connectivity index (χ3v) is 5.61. The average Bonchev–Trinajstić information content (AvgIpc) is 2.70. The molecule has 0 N–H and O–H groups in total. The van der Waals surface area contributed by atoms with Crippen LogP contribution in [0.5, 0.6) is 0 Å². The van der Waals surface area contributed by atoms with Gasteiger partial charge in [-0.05, 0) is 42.5 Å². The molecule has 150 valence electrons. The van der Waals surface area contributed by atoms with E-state index in [4.69, 9.17) is 0 Å². The lowest BCUT2D eigenvalue weighted by Crippen LogP contribution is -2.52. The Morgan fingerprint density at radius 1 is 1.11 bits per heavy atom. The second-order valence-corrected chi connectivity index (χ2v) is 7.54. The summed E-state index contributed by atoms with van der Waals surface area (Å²) in [5, 5.41) is 0. The molecule has 0 aromatic heterocycles. The Bertz CT molecular complexity index is 811. The van der Waals surface area contributed by atoms with E-state index < -0.39 is 0 Å². The van der Waals surface area contributed by atoms with Gasteiger partial charge in [0, 0.05) is 32.1 Å². The van der Waals surface area contributed by atoms with Gasteiger partial charge in [-0.3, -0.25) is 4.79 Å². The minimum atomic E-state index is -0.363. The first-order valence-electron chi connectivity index (χ1n) is 10.0. The molecule has 3 rings (SSSR count). The summed E-state index contributed by atoms with van der Waals surface area (Å²) in [7, 11) is 0. The quantitative estimate of drug-likeness (QED) is 0.721. The van der Waals surface area contributed by atoms with Crippen LogP contribution < -0.4 is 4.90 Å². The zero-order valence-electron chi connectivity index (χ0n) is 16.6. The molecule has 0 radical (unpaired) electrons. The molecule has 1 aliphatic rings. The number of halogens is 2. The second kappa shape index (κ2) is 9.28. The summed E-state index contributed by atoms with van der Waals surface area (Å²) in [6.07, 6.45) is 1.78. The van der Waals surface area contributed by atoms with E-state index in [1.165, 1.54) is 12.1 Å². The second-order valence-electron chi connectivity index (χ2n) is 7.54. The molecule has 5 heteroatoms. The molecule has 1 amide bonds. The number of piperidine rings is 1. The van der Waals surface area contributed by atoms with Crippen LogP contribution in [0.25, 0.3) is 0 Å². The maximum Gasteiger partial charge on any atom is 0.227 e. The molecule has 1 saturated heterocycles. The molecule has 0 unspecified atom stereocenters. The van der Waals surface area contributed by atoms with Crippen molar-refractivity contribution in [2.45, 2.75) is 39.2 Å². The van der Waals surface area contributed by atoms with Gasteiger partial charge in [0.2, 0.25) is 5.91 Å². The number of nitrogens with zero attached hydrogens (tertiary/aromatic N) is 2. The maximum absolute atomic E-state index is 14.4. The molecule has 0 aliphatic carbocycles. The van der Waals surface area contributed by atoms with E-state index in [9.17, 15) is 13.6 Å². The number of amides is 1. The molecular weight excluding hydrogens is 358 g/mol. The molecule has 1 fully saturated rings. The molecule has 3 nitrogen and oxygen atoms in total. The number of carbonyl (C=O) groups is 1. The normalized spacial score (nSPS) is 20.1. The van der Waals surface area contributed by atoms with E-state index in [1.807, 2.05) is 19.1 Å². The smallest absolute Gasteiger partial charge is 0.227 e. The lowest BCUT2D eigenvalue weighted by Gasteiger charge is -2.42. The molecule has 1 aliphatic heterocycles. The molecule has 0 spiro atoms. The van der Waals surface area contributed by atoms with Crippen molar-refractivity contribution in [3.05, 3.63) is 65.7 Å². The van der Waals surface area contributed by atoms with Crippen LogP contribution in [0.3, 0.4) is 0 Å². The number of likely N-dealkylation sites (tertiary alicyclic amines) is 1. The molecule has 28 heavy (non-hydrogen) atoms. The topological polar surface area (TPSA) is 23.6 Å². The van der Waals surface area contributed by atoms with Gasteiger partial charge in [-0.25, -0.2) is 8.78 Å². The van der Waals surface area contributed by atoms with Crippen LogP contribution in [-0.4, -0.2) is 36.5 Å². The van der Waals surface area contributed by atoms with Gasteiger partial charge in [-0.15, -0.1) is 0 Å². The van der Waals surface area contributed by atoms with Crippen molar-refractivity contribution in [3.63, 3.8) is 0 Å². The number of carbonyl (C=O) groups excluding carboxylic acids is 1. The Labute approximate surface area is 166 Å². The van der Waals surface area contributed by atoms with Gasteiger partial charge in [-0.1, -0.05) is 44.2 Å². The third-order valence-electron chi connectivity index (χ3n) is 5.61. The SMILES string of the molecule is CCC(=O)N(c1ccccc1F)[C@H]1CCN(CCc2ccccc2F)C[C@@H]1C. The van der Waals surface area contributed by atoms with Crippen molar-refractivity contribution in [2.75, 3.05) is 24.5 Å². The maximum atomic E-state index is 14.4. The Kier molecular flexibility index (Phi) is 6.79. The summed E-state index contributed by atoms with van der Waals surface area (Å²) < 4.78 is 28.2. The largest absolute Gasteiger partial charge is 0.306 e. The Balaban J connectivity index is 1.68. The van der Waals surface area contributed by atoms with E-state index >= 15 is 0 Å². The zero-order valence-corrected chi connectivity index (χ0v) is 16.6. The number of anilines is 1. The summed E-state index contributed by atoms with van der Waals surface area (Å²) in [6, 6.07) is 13.3. The highest BCUT2D eigenvalue weighted by Crippen LogP contribution is 2.30. The van der Waals surface area contributed by atoms with Gasteiger partial charge in [0.05, 0.1) is 5.69 Å². The monoisotopic (exact) mass is 386 g/mol. The highest BCUT2D eigenvalue weighted by molar-refractivity contribution is 5.94. The fourth-order valence-corrected chi connectivity index (χ4v) is 4.10. The fraction of sp³-hybridized carbons (Fsp3) is 0.435. The van der Waals surface area contributed by atoms with Crippen LogP contribution in [0, 0.1) is 17.6 Å². The first-order valence-corrected chi connectivity index (χ1v) is 10.0. The lowest BCUT2D eigenvalue weighted by atomic mass is 9.91. The highest BCUT2D eigenvalue weighted by atomic mass is 19.1. The van der Waals surface area contributed by atoms with E-state index in [-0.39, 0.29) is 29.5 Å². The predicted octanol–water partition coefficient (Wildman–Crippen LogP) is 4.66. The molecule has 2 atom stereocenters. The molecule has 2 aromatic rings. The van der Waals surface area contributed by atoms with Crippen LogP contribution in [0.4, 0.5) is 14.5 Å². The minimum Gasteiger partial charge on any atom is -0.306 e. The summed E-state index contributed by atoms with van der Waals surface area (Å²) in [5.41, 5.74) is 1.09. The minimum absolute atomic E-state index is 0.0333. The summed E-state index contributed by atoms with van der Waals surface area (Å²) >= 11 is 0. The Morgan fingerprint density at radius 2 is 1.79 bits per heavy atom. The predicted molar refractivity (Wildman–Crippen MR) is 108 cm³/mol. The van der Waals surface area contributed by atoms with Gasteiger partial charge in [0.1, 0.15) is 11.6 Å². The van der Waals surface area contributed by atoms with E-state index in [1.54, 1.807) is 29.2 Å². The summed E-state index contributed by atoms with van der Waals surface area (Å²) in [6.45, 7) is 6.31. The van der Waals surface area contributed by atoms with Crippen molar-refractivity contribution in [3.8, 4) is 0 Å². The van der Waals surface area contributed by atoms with Crippen LogP contribution in [0.2, 0.25) is 0 Å². The standard InChI is InChI=1S/C23H28F2N2O/c1-3-23(28)27(22-11-7-6-10-20(22)25)21-13-15-26(16-17(21)2)14-12-18-8-4-5-9-19(18)24/h4-11,17,21H,3,12-16H2,1-2H3/t17-,21-/m0/s1. The van der Waals surface area contributed by atoms with Crippen molar-refractivity contribution >= 4 is 11.6 Å². The van der Waals surface area contributed by atoms with Crippen LogP contribution in [-0.2, 0) is 11.2 Å². The molecule has 0 bridgehead atoms. The Morgan fingerprint density at radius 3 is 2.43 bits per heavy atom. The van der Waals surface area contributed by atoms with Crippen molar-refractivity contribution in [2.24, 2.45) is 5.92 Å². The summed E-state index contributed by atoms with van der Waals surface area (Å²) in [4.78, 5) is 16.6. The van der Waals surface area contributed by atoms with Gasteiger partial charge in [0.15, 0.2) is 0 Å². The first kappa shape index (κ1) is 20.5. The van der Waals surface area contributed by atoms with Gasteiger partial charge in [0.25, 0.3) is 0 Å². The number of hydrogen-bond donors (Lipinski definition) is 0.